The lowest BCUT2D eigenvalue weighted by Gasteiger charge is -2.39. The number of rotatable bonds is 5. The number of aliphatic hydroxyl groups is 1. The van der Waals surface area contributed by atoms with Gasteiger partial charge in [-0.05, 0) is 36.5 Å². The lowest BCUT2D eigenvalue weighted by atomic mass is 9.68. The zero-order valence-electron chi connectivity index (χ0n) is 11.9. The van der Waals surface area contributed by atoms with Crippen molar-refractivity contribution in [1.82, 2.24) is 0 Å². The maximum atomic E-state index is 10.6. The van der Waals surface area contributed by atoms with Crippen molar-refractivity contribution < 1.29 is 19.7 Å². The fourth-order valence-corrected chi connectivity index (χ4v) is 3.03. The maximum absolute atomic E-state index is 10.6. The van der Waals surface area contributed by atoms with Crippen molar-refractivity contribution >= 4 is 5.97 Å². The molecule has 0 aromatic carbocycles. The van der Waals surface area contributed by atoms with Crippen molar-refractivity contribution in [3.8, 4) is 0 Å². The second-order valence-electron chi connectivity index (χ2n) is 5.92. The summed E-state index contributed by atoms with van der Waals surface area (Å²) in [5.41, 5.74) is 0. The van der Waals surface area contributed by atoms with E-state index in [9.17, 15) is 9.90 Å². The fraction of sp³-hybridized carbons (Fsp3) is 0.929. The Bertz CT molecular complexity index is 265. The molecule has 0 aromatic rings. The molecule has 1 rings (SSSR count). The highest BCUT2D eigenvalue weighted by molar-refractivity contribution is 5.65. The van der Waals surface area contributed by atoms with Crippen LogP contribution in [0, 0.1) is 23.7 Å². The van der Waals surface area contributed by atoms with E-state index in [-0.39, 0.29) is 12.5 Å². The first-order valence-corrected chi connectivity index (χ1v) is 6.90. The molecule has 0 radical (unpaired) electrons. The molecule has 4 nitrogen and oxygen atoms in total. The van der Waals surface area contributed by atoms with E-state index in [0.717, 1.165) is 12.8 Å². The lowest BCUT2D eigenvalue weighted by molar-refractivity contribution is -0.283. The highest BCUT2D eigenvalue weighted by Gasteiger charge is 2.35. The van der Waals surface area contributed by atoms with E-state index in [1.54, 1.807) is 0 Å². The molecule has 18 heavy (non-hydrogen) atoms. The summed E-state index contributed by atoms with van der Waals surface area (Å²) in [6, 6.07) is 0. The van der Waals surface area contributed by atoms with Crippen LogP contribution in [0.2, 0.25) is 0 Å². The Balaban J connectivity index is 2.50. The zero-order valence-corrected chi connectivity index (χ0v) is 11.9. The highest BCUT2D eigenvalue weighted by atomic mass is 17.2. The van der Waals surface area contributed by atoms with Crippen LogP contribution in [-0.2, 0) is 14.6 Å². The van der Waals surface area contributed by atoms with Gasteiger partial charge in [-0.15, -0.1) is 0 Å². The van der Waals surface area contributed by atoms with E-state index in [1.165, 1.54) is 13.3 Å². The summed E-state index contributed by atoms with van der Waals surface area (Å²) in [5, 5.41) is 10.2. The third kappa shape index (κ3) is 4.58. The Morgan fingerprint density at radius 1 is 1.33 bits per heavy atom. The molecule has 0 heterocycles. The van der Waals surface area contributed by atoms with Gasteiger partial charge >= 0.3 is 5.97 Å². The summed E-state index contributed by atoms with van der Waals surface area (Å²) in [7, 11) is 0. The molecule has 1 saturated carbocycles. The molecule has 1 N–H and O–H groups in total. The largest absolute Gasteiger partial charge is 0.390 e. The maximum Gasteiger partial charge on any atom is 0.339 e. The minimum absolute atomic E-state index is 0.0696. The molecule has 0 saturated heterocycles. The number of carbonyl (C=O) groups excluding carboxylic acids is 1. The van der Waals surface area contributed by atoms with Gasteiger partial charge in [-0.2, -0.15) is 4.89 Å². The molecule has 1 fully saturated rings. The van der Waals surface area contributed by atoms with Gasteiger partial charge in [-0.25, -0.2) is 4.79 Å². The van der Waals surface area contributed by atoms with E-state index in [1.807, 2.05) is 0 Å². The van der Waals surface area contributed by atoms with Gasteiger partial charge in [0.05, 0.1) is 6.10 Å². The topological polar surface area (TPSA) is 55.8 Å². The van der Waals surface area contributed by atoms with Crippen LogP contribution in [0.1, 0.15) is 47.0 Å². The minimum Gasteiger partial charge on any atom is -0.390 e. The van der Waals surface area contributed by atoms with Crippen LogP contribution in [0.3, 0.4) is 0 Å². The smallest absolute Gasteiger partial charge is 0.339 e. The van der Waals surface area contributed by atoms with Crippen LogP contribution in [0.4, 0.5) is 0 Å². The summed E-state index contributed by atoms with van der Waals surface area (Å²) in [5.74, 6) is 1.49. The highest BCUT2D eigenvalue weighted by Crippen LogP contribution is 2.39. The molecule has 0 amide bonds. The average molecular weight is 258 g/mol. The predicted octanol–water partition coefficient (Wildman–Crippen LogP) is 2.55. The summed E-state index contributed by atoms with van der Waals surface area (Å²) >= 11 is 0. The van der Waals surface area contributed by atoms with E-state index in [4.69, 9.17) is 4.89 Å². The van der Waals surface area contributed by atoms with E-state index in [0.29, 0.717) is 17.8 Å². The third-order valence-corrected chi connectivity index (χ3v) is 3.98. The number of hydrogen-bond donors (Lipinski definition) is 1. The zero-order chi connectivity index (χ0) is 13.7. The fourth-order valence-electron chi connectivity index (χ4n) is 3.03. The molecule has 0 spiro atoms. The first-order valence-electron chi connectivity index (χ1n) is 6.90. The van der Waals surface area contributed by atoms with Crippen LogP contribution in [0.25, 0.3) is 0 Å². The van der Waals surface area contributed by atoms with Crippen molar-refractivity contribution in [2.24, 2.45) is 23.7 Å². The minimum atomic E-state index is -0.556. The Morgan fingerprint density at radius 2 is 2.00 bits per heavy atom. The molecule has 4 heteroatoms. The normalized spacial score (nSPS) is 30.2. The van der Waals surface area contributed by atoms with Crippen molar-refractivity contribution in [2.45, 2.75) is 53.1 Å². The Labute approximate surface area is 110 Å². The molecule has 0 bridgehead atoms. The second-order valence-corrected chi connectivity index (χ2v) is 5.92. The average Bonchev–Trinajstić information content (AvgIpc) is 2.27. The molecule has 1 aliphatic carbocycles. The lowest BCUT2D eigenvalue weighted by Crippen LogP contribution is -2.38. The second kappa shape index (κ2) is 7.10. The molecular formula is C14H26O4. The van der Waals surface area contributed by atoms with Crippen LogP contribution in [0.5, 0.6) is 0 Å². The van der Waals surface area contributed by atoms with Crippen LogP contribution >= 0.6 is 0 Å². The van der Waals surface area contributed by atoms with E-state index in [2.05, 4.69) is 25.7 Å². The summed E-state index contributed by atoms with van der Waals surface area (Å²) in [6.07, 6.45) is 2.86. The summed E-state index contributed by atoms with van der Waals surface area (Å²) < 4.78 is 0. The standard InChI is InChI=1S/C14H26O4/c1-9(2)12-6-5-10(3)7-13(12)14(16)8-17-18-11(4)15/h9-10,12-14,16H,5-8H2,1-4H3/t10-,12?,13?,14-/m1/s1. The molecule has 1 aliphatic rings. The number of aliphatic hydroxyl groups excluding tert-OH is 1. The van der Waals surface area contributed by atoms with Gasteiger partial charge in [-0.3, -0.25) is 4.89 Å². The van der Waals surface area contributed by atoms with E-state index >= 15 is 0 Å². The number of carbonyl (C=O) groups is 1. The van der Waals surface area contributed by atoms with Crippen LogP contribution in [0.15, 0.2) is 0 Å². The van der Waals surface area contributed by atoms with Crippen LogP contribution < -0.4 is 0 Å². The van der Waals surface area contributed by atoms with Gasteiger partial charge in [0.15, 0.2) is 0 Å². The molecule has 2 unspecified atom stereocenters. The molecule has 0 aromatic heterocycles. The predicted molar refractivity (Wildman–Crippen MR) is 68.6 cm³/mol. The summed E-state index contributed by atoms with van der Waals surface area (Å²) in [6.45, 7) is 7.98. The van der Waals surface area contributed by atoms with E-state index < -0.39 is 12.1 Å². The Hall–Kier alpha value is -0.610. The van der Waals surface area contributed by atoms with Crippen molar-refractivity contribution in [3.05, 3.63) is 0 Å². The third-order valence-electron chi connectivity index (χ3n) is 3.98. The summed E-state index contributed by atoms with van der Waals surface area (Å²) in [4.78, 5) is 19.8. The Morgan fingerprint density at radius 3 is 2.56 bits per heavy atom. The quantitative estimate of drug-likeness (QED) is 0.608. The number of hydrogen-bond acceptors (Lipinski definition) is 4. The van der Waals surface area contributed by atoms with Gasteiger partial charge < -0.3 is 5.11 Å². The monoisotopic (exact) mass is 258 g/mol. The van der Waals surface area contributed by atoms with Crippen molar-refractivity contribution in [3.63, 3.8) is 0 Å². The van der Waals surface area contributed by atoms with Gasteiger partial charge in [0.2, 0.25) is 0 Å². The van der Waals surface area contributed by atoms with Gasteiger partial charge in [0, 0.05) is 6.92 Å². The molecular weight excluding hydrogens is 232 g/mol. The van der Waals surface area contributed by atoms with Crippen LogP contribution in [-0.4, -0.2) is 23.8 Å². The molecule has 4 atom stereocenters. The SMILES string of the molecule is CC(=O)OOC[C@@H](O)C1C[C@H](C)CCC1C(C)C. The molecule has 0 aliphatic heterocycles. The van der Waals surface area contributed by atoms with Crippen molar-refractivity contribution in [1.29, 1.82) is 0 Å². The van der Waals surface area contributed by atoms with Gasteiger partial charge in [0.25, 0.3) is 0 Å². The first kappa shape index (κ1) is 15.4. The Kier molecular flexibility index (Phi) is 6.09. The molecule has 106 valence electrons. The van der Waals surface area contributed by atoms with Crippen molar-refractivity contribution in [2.75, 3.05) is 6.61 Å². The van der Waals surface area contributed by atoms with Gasteiger partial charge in [-0.1, -0.05) is 27.2 Å². The first-order chi connectivity index (χ1) is 8.41. The van der Waals surface area contributed by atoms with Gasteiger partial charge in [0.1, 0.15) is 6.61 Å².